The standard InChI is InChI=1S/C9H10NO5/c1-3-14-8(12)6(5-10)7(11)9(13)15-4-2/h3-4H2,1-2H3/q-1. The first-order valence-electron chi connectivity index (χ1n) is 4.24. The third-order valence-electron chi connectivity index (χ3n) is 1.28. The smallest absolute Gasteiger partial charge is 0.380 e. The number of hydrogen-bond donors (Lipinski definition) is 0. The van der Waals surface area contributed by atoms with Crippen LogP contribution in [-0.4, -0.2) is 36.8 Å². The van der Waals surface area contributed by atoms with Gasteiger partial charge in [0.05, 0.1) is 13.2 Å². The summed E-state index contributed by atoms with van der Waals surface area (Å²) in [6.07, 6.45) is 0. The topological polar surface area (TPSA) is 92.0 Å². The number of esters is 2. The second-order valence-corrected chi connectivity index (χ2v) is 2.26. The molecule has 0 aliphatic carbocycles. The Kier molecular flexibility index (Phi) is 5.66. The third kappa shape index (κ3) is 3.74. The molecule has 0 rings (SSSR count). The molecule has 0 bridgehead atoms. The Morgan fingerprint density at radius 1 is 1.07 bits per heavy atom. The Balaban J connectivity index is 4.71. The number of nitrogens with zero attached hydrogens (tertiary/aromatic N) is 1. The molecule has 0 amide bonds. The fraction of sp³-hybridized carbons (Fsp3) is 0.444. The Labute approximate surface area is 86.4 Å². The van der Waals surface area contributed by atoms with Gasteiger partial charge in [0.2, 0.25) is 0 Å². The van der Waals surface area contributed by atoms with Crippen LogP contribution in [0.25, 0.3) is 5.41 Å². The zero-order valence-corrected chi connectivity index (χ0v) is 8.40. The predicted octanol–water partition coefficient (Wildman–Crippen LogP) is -0.153. The first-order chi connectivity index (χ1) is 7.08. The van der Waals surface area contributed by atoms with E-state index in [1.807, 2.05) is 0 Å². The minimum Gasteiger partial charge on any atom is -0.762 e. The fourth-order valence-electron chi connectivity index (χ4n) is 0.691. The van der Waals surface area contributed by atoms with Crippen LogP contribution in [0.2, 0.25) is 0 Å². The lowest BCUT2D eigenvalue weighted by molar-refractivity contribution is -0.153. The molecule has 0 heterocycles. The molecule has 0 saturated heterocycles. The van der Waals surface area contributed by atoms with Gasteiger partial charge in [0, 0.05) is 0 Å². The molecule has 82 valence electrons. The van der Waals surface area contributed by atoms with Crippen LogP contribution in [-0.2, 0) is 23.9 Å². The fourth-order valence-corrected chi connectivity index (χ4v) is 0.691. The van der Waals surface area contributed by atoms with Crippen LogP contribution in [0.1, 0.15) is 13.8 Å². The van der Waals surface area contributed by atoms with E-state index in [2.05, 4.69) is 9.47 Å². The van der Waals surface area contributed by atoms with Gasteiger partial charge in [-0.15, -0.1) is 0 Å². The molecule has 0 aromatic carbocycles. The summed E-state index contributed by atoms with van der Waals surface area (Å²) in [7, 11) is 0. The van der Waals surface area contributed by atoms with Crippen molar-refractivity contribution in [2.45, 2.75) is 13.8 Å². The molecule has 0 fully saturated rings. The van der Waals surface area contributed by atoms with E-state index in [0.717, 1.165) is 0 Å². The van der Waals surface area contributed by atoms with Gasteiger partial charge in [-0.25, -0.2) is 15.5 Å². The zero-order valence-electron chi connectivity index (χ0n) is 8.40. The highest BCUT2D eigenvalue weighted by Crippen LogP contribution is 1.98. The Morgan fingerprint density at radius 3 is 1.93 bits per heavy atom. The van der Waals surface area contributed by atoms with Crippen LogP contribution in [0, 0.1) is 0 Å². The van der Waals surface area contributed by atoms with Crippen LogP contribution in [0.15, 0.2) is 5.57 Å². The normalized spacial score (nSPS) is 8.67. The van der Waals surface area contributed by atoms with Gasteiger partial charge in [-0.1, -0.05) is 0 Å². The van der Waals surface area contributed by atoms with Gasteiger partial charge in [-0.3, -0.25) is 4.79 Å². The minimum absolute atomic E-state index is 0.00783. The highest BCUT2D eigenvalue weighted by Gasteiger charge is 2.25. The summed E-state index contributed by atoms with van der Waals surface area (Å²) in [5.74, 6) is -2.31. The molecule has 6 nitrogen and oxygen atoms in total. The molecular formula is C9H10NO5-. The van der Waals surface area contributed by atoms with Gasteiger partial charge in [-0.05, 0) is 13.8 Å². The van der Waals surface area contributed by atoms with Gasteiger partial charge < -0.3 is 14.9 Å². The number of carbonyl (C=O) groups is 3. The highest BCUT2D eigenvalue weighted by molar-refractivity contribution is 6.49. The maximum Gasteiger partial charge on any atom is 0.380 e. The third-order valence-corrected chi connectivity index (χ3v) is 1.28. The van der Waals surface area contributed by atoms with Crippen molar-refractivity contribution in [2.24, 2.45) is 0 Å². The van der Waals surface area contributed by atoms with E-state index in [9.17, 15) is 14.4 Å². The number of Topliss-reactive ketones (excluding diaryl/α,β-unsaturated/α-hetero) is 1. The van der Waals surface area contributed by atoms with Gasteiger partial charge >= 0.3 is 11.9 Å². The zero-order chi connectivity index (χ0) is 11.8. The lowest BCUT2D eigenvalue weighted by Gasteiger charge is -2.04. The van der Waals surface area contributed by atoms with Crippen molar-refractivity contribution in [1.29, 1.82) is 0 Å². The van der Waals surface area contributed by atoms with E-state index < -0.39 is 23.3 Å². The van der Waals surface area contributed by atoms with Crippen molar-refractivity contribution in [1.82, 2.24) is 0 Å². The summed E-state index contributed by atoms with van der Waals surface area (Å²) in [5, 5.41) is 8.49. The predicted molar refractivity (Wildman–Crippen MR) is 50.2 cm³/mol. The molecular weight excluding hydrogens is 202 g/mol. The van der Waals surface area contributed by atoms with E-state index in [1.165, 1.54) is 19.7 Å². The number of rotatable bonds is 5. The first-order valence-corrected chi connectivity index (χ1v) is 4.24. The van der Waals surface area contributed by atoms with Crippen LogP contribution < -0.4 is 0 Å². The number of ketones is 1. The Morgan fingerprint density at radius 2 is 1.53 bits per heavy atom. The highest BCUT2D eigenvalue weighted by atomic mass is 16.5. The molecule has 0 spiro atoms. The molecule has 0 saturated carbocycles. The van der Waals surface area contributed by atoms with Gasteiger partial charge in [0.25, 0.3) is 5.78 Å². The SMILES string of the molecule is CCOC(=O)C(=O)C(=C=[N-])C(=O)OCC. The summed E-state index contributed by atoms with van der Waals surface area (Å²) in [6, 6.07) is 0. The molecule has 0 aromatic rings. The molecule has 0 aliphatic rings. The quantitative estimate of drug-likeness (QED) is 0.158. The lowest BCUT2D eigenvalue weighted by Crippen LogP contribution is -2.25. The molecule has 0 aliphatic heterocycles. The van der Waals surface area contributed by atoms with Crippen LogP contribution in [0.4, 0.5) is 0 Å². The van der Waals surface area contributed by atoms with Gasteiger partial charge in [-0.2, -0.15) is 0 Å². The molecule has 0 radical (unpaired) electrons. The molecule has 0 atom stereocenters. The summed E-state index contributed by atoms with van der Waals surface area (Å²) in [4.78, 5) is 33.1. The Bertz CT molecular complexity index is 327. The van der Waals surface area contributed by atoms with Gasteiger partial charge in [0.1, 0.15) is 5.57 Å². The van der Waals surface area contributed by atoms with Crippen molar-refractivity contribution in [3.8, 4) is 0 Å². The molecule has 15 heavy (non-hydrogen) atoms. The maximum atomic E-state index is 11.1. The van der Waals surface area contributed by atoms with Crippen molar-refractivity contribution in [2.75, 3.05) is 13.2 Å². The molecule has 6 heteroatoms. The van der Waals surface area contributed by atoms with Crippen molar-refractivity contribution in [3.05, 3.63) is 11.0 Å². The van der Waals surface area contributed by atoms with Crippen LogP contribution in [0.5, 0.6) is 0 Å². The van der Waals surface area contributed by atoms with Crippen molar-refractivity contribution < 1.29 is 23.9 Å². The second-order valence-electron chi connectivity index (χ2n) is 2.26. The van der Waals surface area contributed by atoms with Crippen LogP contribution in [0.3, 0.4) is 0 Å². The minimum atomic E-state index is -1.28. The maximum absolute atomic E-state index is 11.1. The average Bonchev–Trinajstić information content (AvgIpc) is 2.19. The van der Waals surface area contributed by atoms with E-state index in [1.54, 1.807) is 0 Å². The van der Waals surface area contributed by atoms with E-state index in [0.29, 0.717) is 0 Å². The van der Waals surface area contributed by atoms with E-state index >= 15 is 0 Å². The van der Waals surface area contributed by atoms with Crippen molar-refractivity contribution >= 4 is 23.6 Å². The van der Waals surface area contributed by atoms with Gasteiger partial charge in [0.15, 0.2) is 0 Å². The number of carbonyl (C=O) groups excluding carboxylic acids is 3. The molecule has 0 aromatic heterocycles. The molecule has 0 unspecified atom stereocenters. The summed E-state index contributed by atoms with van der Waals surface area (Å²) < 4.78 is 8.76. The van der Waals surface area contributed by atoms with Crippen LogP contribution >= 0.6 is 0 Å². The number of ether oxygens (including phenoxy) is 2. The second kappa shape index (κ2) is 6.50. The summed E-state index contributed by atoms with van der Waals surface area (Å²) >= 11 is 0. The lowest BCUT2D eigenvalue weighted by atomic mass is 10.2. The number of hydrogen-bond acceptors (Lipinski definition) is 5. The molecule has 0 N–H and O–H groups in total. The Hall–Kier alpha value is -1.94. The summed E-state index contributed by atoms with van der Waals surface area (Å²) in [5.41, 5.74) is -0.865. The average molecular weight is 212 g/mol. The summed E-state index contributed by atoms with van der Waals surface area (Å²) in [6.45, 7) is 3.02. The first kappa shape index (κ1) is 13.1. The largest absolute Gasteiger partial charge is 0.762 e. The van der Waals surface area contributed by atoms with E-state index in [4.69, 9.17) is 5.41 Å². The van der Waals surface area contributed by atoms with E-state index in [-0.39, 0.29) is 13.2 Å². The monoisotopic (exact) mass is 212 g/mol. The van der Waals surface area contributed by atoms with Crippen molar-refractivity contribution in [3.63, 3.8) is 0 Å².